The molecule has 1 amide bonds. The van der Waals surface area contributed by atoms with E-state index in [2.05, 4.69) is 11.9 Å². The first-order valence-corrected chi connectivity index (χ1v) is 7.58. The summed E-state index contributed by atoms with van der Waals surface area (Å²) in [7, 11) is 0. The van der Waals surface area contributed by atoms with Gasteiger partial charge in [0, 0.05) is 6.54 Å². The minimum absolute atomic E-state index is 0.293. The Balaban J connectivity index is 2.46. The number of carbonyl (C=O) groups is 1. The molecule has 0 aliphatic carbocycles. The summed E-state index contributed by atoms with van der Waals surface area (Å²) in [5.74, 6) is -0.764. The van der Waals surface area contributed by atoms with Gasteiger partial charge in [-0.25, -0.2) is 0 Å². The average molecular weight is 307 g/mol. The van der Waals surface area contributed by atoms with Crippen LogP contribution >= 0.6 is 0 Å². The third kappa shape index (κ3) is 3.89. The van der Waals surface area contributed by atoms with Crippen molar-refractivity contribution >= 4 is 18.1 Å². The fourth-order valence-electron chi connectivity index (χ4n) is 2.41. The van der Waals surface area contributed by atoms with Gasteiger partial charge in [0.2, 0.25) is 0 Å². The van der Waals surface area contributed by atoms with E-state index >= 15 is 0 Å². The number of likely N-dealkylation sites (N-methyl/N-ethyl adjacent to an activating group) is 1. The quantitative estimate of drug-likeness (QED) is 0.637. The summed E-state index contributed by atoms with van der Waals surface area (Å²) in [4.78, 5) is 11.6. The van der Waals surface area contributed by atoms with Gasteiger partial charge < -0.3 is 10.4 Å². The lowest BCUT2D eigenvalue weighted by molar-refractivity contribution is -0.119. The van der Waals surface area contributed by atoms with Crippen molar-refractivity contribution in [2.45, 2.75) is 13.8 Å². The zero-order valence-electron chi connectivity index (χ0n) is 13.5. The molecule has 2 N–H and O–H groups in total. The summed E-state index contributed by atoms with van der Waals surface area (Å²) in [5, 5.41) is 12.4. The first-order valence-electron chi connectivity index (χ1n) is 7.58. The van der Waals surface area contributed by atoms with Crippen molar-refractivity contribution in [1.29, 1.82) is 0 Å². The van der Waals surface area contributed by atoms with Crippen molar-refractivity contribution < 1.29 is 9.90 Å². The van der Waals surface area contributed by atoms with Crippen LogP contribution in [-0.4, -0.2) is 17.6 Å². The highest BCUT2D eigenvalue weighted by atomic mass is 16.3. The van der Waals surface area contributed by atoms with E-state index in [1.54, 1.807) is 6.92 Å². The van der Waals surface area contributed by atoms with E-state index in [1.165, 1.54) is 6.08 Å². The highest BCUT2D eigenvalue weighted by molar-refractivity contribution is 5.95. The van der Waals surface area contributed by atoms with Gasteiger partial charge in [-0.2, -0.15) is 0 Å². The Morgan fingerprint density at radius 1 is 1.22 bits per heavy atom. The largest absolute Gasteiger partial charge is 0.503 e. The summed E-state index contributed by atoms with van der Waals surface area (Å²) in [6.45, 7) is 8.17. The van der Waals surface area contributed by atoms with E-state index in [-0.39, 0.29) is 5.76 Å². The van der Waals surface area contributed by atoms with E-state index in [0.717, 1.165) is 27.8 Å². The second-order valence-corrected chi connectivity index (χ2v) is 5.25. The van der Waals surface area contributed by atoms with Crippen LogP contribution in [0.5, 0.6) is 0 Å². The lowest BCUT2D eigenvalue weighted by atomic mass is 9.94. The number of carbonyl (C=O) groups excluding carboxylic acids is 1. The molecule has 0 saturated carbocycles. The molecule has 0 atom stereocenters. The van der Waals surface area contributed by atoms with Crippen LogP contribution < -0.4 is 5.32 Å². The molecule has 118 valence electrons. The van der Waals surface area contributed by atoms with E-state index < -0.39 is 5.91 Å². The number of aryl methyl sites for hydroxylation is 1. The summed E-state index contributed by atoms with van der Waals surface area (Å²) in [6.07, 6.45) is 3.30. The predicted molar refractivity (Wildman–Crippen MR) is 96.0 cm³/mol. The van der Waals surface area contributed by atoms with Gasteiger partial charge in [0.15, 0.2) is 5.76 Å². The fraction of sp³-hybridized carbons (Fsp3) is 0.150. The van der Waals surface area contributed by atoms with Crippen LogP contribution in [0, 0.1) is 6.92 Å². The van der Waals surface area contributed by atoms with E-state index in [9.17, 15) is 9.90 Å². The maximum Gasteiger partial charge on any atom is 0.286 e. The molecule has 2 aromatic carbocycles. The highest BCUT2D eigenvalue weighted by Gasteiger charge is 2.09. The average Bonchev–Trinajstić information content (AvgIpc) is 2.56. The van der Waals surface area contributed by atoms with Crippen molar-refractivity contribution in [2.24, 2.45) is 0 Å². The van der Waals surface area contributed by atoms with Crippen LogP contribution in [0.1, 0.15) is 23.6 Å². The summed E-state index contributed by atoms with van der Waals surface area (Å²) in [5.41, 5.74) is 5.07. The Morgan fingerprint density at radius 2 is 1.96 bits per heavy atom. The van der Waals surface area contributed by atoms with Crippen LogP contribution in [0.25, 0.3) is 23.3 Å². The molecule has 0 radical (unpaired) electrons. The van der Waals surface area contributed by atoms with Gasteiger partial charge in [0.05, 0.1) is 0 Å². The molecule has 0 spiro atoms. The summed E-state index contributed by atoms with van der Waals surface area (Å²) >= 11 is 0. The molecular formula is C20H21NO2. The van der Waals surface area contributed by atoms with Crippen molar-refractivity contribution in [1.82, 2.24) is 5.32 Å². The Hall–Kier alpha value is -2.81. The van der Waals surface area contributed by atoms with Crippen molar-refractivity contribution in [3.63, 3.8) is 0 Å². The molecule has 0 aliphatic rings. The molecular weight excluding hydrogens is 286 g/mol. The van der Waals surface area contributed by atoms with Gasteiger partial charge in [-0.05, 0) is 53.8 Å². The van der Waals surface area contributed by atoms with Crippen LogP contribution in [-0.2, 0) is 4.79 Å². The maximum atomic E-state index is 11.6. The standard InChI is InChI=1S/C20H21NO2/c1-4-16-8-6-7-9-17(16)18-12-15(11-10-14(18)3)13-19(22)20(23)21-5-2/h4,6-13,22H,1,5H2,2-3H3,(H,21,23)/b19-13+. The molecule has 3 heteroatoms. The fourth-order valence-corrected chi connectivity index (χ4v) is 2.41. The molecule has 0 aromatic heterocycles. The smallest absolute Gasteiger partial charge is 0.286 e. The summed E-state index contributed by atoms with van der Waals surface area (Å²) in [6, 6.07) is 13.8. The monoisotopic (exact) mass is 307 g/mol. The molecule has 0 saturated heterocycles. The number of aliphatic hydroxyl groups is 1. The van der Waals surface area contributed by atoms with E-state index in [0.29, 0.717) is 6.54 Å². The summed E-state index contributed by atoms with van der Waals surface area (Å²) < 4.78 is 0. The SMILES string of the molecule is C=Cc1ccccc1-c1cc(/C=C(/O)C(=O)NCC)ccc1C. The van der Waals surface area contributed by atoms with Crippen LogP contribution in [0.2, 0.25) is 0 Å². The van der Waals surface area contributed by atoms with Crippen LogP contribution in [0.3, 0.4) is 0 Å². The molecule has 2 aromatic rings. The number of hydrogen-bond acceptors (Lipinski definition) is 2. The zero-order chi connectivity index (χ0) is 16.8. The lowest BCUT2D eigenvalue weighted by Gasteiger charge is -2.11. The normalized spacial score (nSPS) is 11.1. The minimum atomic E-state index is -0.471. The molecule has 2 rings (SSSR count). The van der Waals surface area contributed by atoms with E-state index in [4.69, 9.17) is 0 Å². The number of nitrogens with one attached hydrogen (secondary N) is 1. The Labute approximate surface area is 137 Å². The van der Waals surface area contributed by atoms with E-state index in [1.807, 2.05) is 55.5 Å². The third-order valence-corrected chi connectivity index (χ3v) is 3.61. The number of hydrogen-bond donors (Lipinski definition) is 2. The molecule has 0 fully saturated rings. The predicted octanol–water partition coefficient (Wildman–Crippen LogP) is 4.34. The van der Waals surface area contributed by atoms with Crippen LogP contribution in [0.4, 0.5) is 0 Å². The number of aliphatic hydroxyl groups excluding tert-OH is 1. The molecule has 0 heterocycles. The topological polar surface area (TPSA) is 49.3 Å². The van der Waals surface area contributed by atoms with Crippen molar-refractivity contribution in [3.8, 4) is 11.1 Å². The van der Waals surface area contributed by atoms with Crippen molar-refractivity contribution in [2.75, 3.05) is 6.54 Å². The van der Waals surface area contributed by atoms with Gasteiger partial charge in [-0.1, -0.05) is 49.1 Å². The molecule has 0 aliphatic heterocycles. The second-order valence-electron chi connectivity index (χ2n) is 5.25. The van der Waals surface area contributed by atoms with Gasteiger partial charge in [-0.15, -0.1) is 0 Å². The highest BCUT2D eigenvalue weighted by Crippen LogP contribution is 2.29. The molecule has 23 heavy (non-hydrogen) atoms. The Bertz CT molecular complexity index is 760. The third-order valence-electron chi connectivity index (χ3n) is 3.61. The number of benzene rings is 2. The second kappa shape index (κ2) is 7.45. The Kier molecular flexibility index (Phi) is 5.36. The first kappa shape index (κ1) is 16.6. The number of rotatable bonds is 5. The molecule has 0 unspecified atom stereocenters. The maximum absolute atomic E-state index is 11.6. The number of amides is 1. The first-order chi connectivity index (χ1) is 11.1. The van der Waals surface area contributed by atoms with Gasteiger partial charge in [0.1, 0.15) is 0 Å². The Morgan fingerprint density at radius 3 is 2.65 bits per heavy atom. The van der Waals surface area contributed by atoms with Crippen molar-refractivity contribution in [3.05, 3.63) is 71.5 Å². The van der Waals surface area contributed by atoms with Crippen LogP contribution in [0.15, 0.2) is 54.8 Å². The minimum Gasteiger partial charge on any atom is -0.503 e. The van der Waals surface area contributed by atoms with Gasteiger partial charge in [0.25, 0.3) is 5.91 Å². The zero-order valence-corrected chi connectivity index (χ0v) is 13.5. The molecule has 0 bridgehead atoms. The van der Waals surface area contributed by atoms with Gasteiger partial charge in [-0.3, -0.25) is 4.79 Å². The lowest BCUT2D eigenvalue weighted by Crippen LogP contribution is -2.24. The molecule has 3 nitrogen and oxygen atoms in total. The van der Waals surface area contributed by atoms with Gasteiger partial charge >= 0.3 is 0 Å².